The van der Waals surface area contributed by atoms with Gasteiger partial charge in [-0.15, -0.1) is 0 Å². The Kier molecular flexibility index (Phi) is 5.49. The number of rotatable bonds is 6. The van der Waals surface area contributed by atoms with E-state index in [4.69, 9.17) is 32.7 Å². The monoisotopic (exact) mass is 498 g/mol. The lowest BCUT2D eigenvalue weighted by molar-refractivity contribution is -0.160. The van der Waals surface area contributed by atoms with Gasteiger partial charge in [0.05, 0.1) is 5.56 Å². The van der Waals surface area contributed by atoms with E-state index >= 15 is 0 Å². The van der Waals surface area contributed by atoms with E-state index in [0.717, 1.165) is 5.56 Å². The summed E-state index contributed by atoms with van der Waals surface area (Å²) in [6.45, 7) is 5.91. The number of hydrogen-bond donors (Lipinski definition) is 0. The number of hydrogen-bond acceptors (Lipinski definition) is 5. The second-order valence-electron chi connectivity index (χ2n) is 9.71. The van der Waals surface area contributed by atoms with Gasteiger partial charge in [0.1, 0.15) is 16.8 Å². The molecule has 8 heteroatoms. The Bertz CT molecular complexity index is 1260. The Morgan fingerprint density at radius 2 is 2.03 bits per heavy atom. The lowest BCUT2D eigenvalue weighted by Gasteiger charge is -2.33. The topological polar surface area (TPSA) is 68.2 Å². The van der Waals surface area contributed by atoms with Gasteiger partial charge in [-0.1, -0.05) is 41.4 Å². The average Bonchev–Trinajstić information content (AvgIpc) is 3.35. The highest BCUT2D eigenvalue weighted by molar-refractivity contribution is 6.36. The van der Waals surface area contributed by atoms with Crippen molar-refractivity contribution in [2.75, 3.05) is 6.54 Å². The molecule has 0 aromatic heterocycles. The largest absolute Gasteiger partial charge is 0.465 e. The highest BCUT2D eigenvalue weighted by Gasteiger charge is 2.49. The van der Waals surface area contributed by atoms with E-state index in [1.807, 2.05) is 39.0 Å². The summed E-state index contributed by atoms with van der Waals surface area (Å²) in [6.07, 6.45) is 3.79. The number of carbonyl (C=O) groups excluding carboxylic acids is 2. The van der Waals surface area contributed by atoms with Crippen LogP contribution in [0.5, 0.6) is 5.75 Å². The smallest absolute Gasteiger partial charge is 0.322 e. The molecule has 2 atom stereocenters. The van der Waals surface area contributed by atoms with Crippen LogP contribution in [0, 0.1) is 5.41 Å². The highest BCUT2D eigenvalue weighted by Crippen LogP contribution is 2.48. The number of esters is 1. The van der Waals surface area contributed by atoms with Crippen LogP contribution in [-0.2, 0) is 9.53 Å². The first kappa shape index (κ1) is 22.9. The van der Waals surface area contributed by atoms with Crippen LogP contribution in [0.2, 0.25) is 10.0 Å². The van der Waals surface area contributed by atoms with Crippen LogP contribution in [0.25, 0.3) is 5.57 Å². The van der Waals surface area contributed by atoms with Gasteiger partial charge in [0.15, 0.2) is 0 Å². The molecule has 1 amide bonds. The highest BCUT2D eigenvalue weighted by atomic mass is 35.5. The fourth-order valence-electron chi connectivity index (χ4n) is 4.77. The number of ether oxygens (including phenoxy) is 2. The molecule has 2 unspecified atom stereocenters. The molecule has 0 fully saturated rings. The maximum Gasteiger partial charge on any atom is 0.322 e. The molecule has 3 aliphatic heterocycles. The summed E-state index contributed by atoms with van der Waals surface area (Å²) in [7, 11) is 0. The van der Waals surface area contributed by atoms with Gasteiger partial charge in [-0.05, 0) is 57.4 Å². The van der Waals surface area contributed by atoms with Gasteiger partial charge in [-0.3, -0.25) is 19.5 Å². The van der Waals surface area contributed by atoms with E-state index in [1.165, 1.54) is 0 Å². The zero-order chi connectivity index (χ0) is 24.3. The van der Waals surface area contributed by atoms with Crippen LogP contribution in [0.3, 0.4) is 0 Å². The molecule has 0 saturated heterocycles. The van der Waals surface area contributed by atoms with Crippen LogP contribution in [-0.4, -0.2) is 35.1 Å². The molecule has 0 saturated carbocycles. The van der Waals surface area contributed by atoms with Gasteiger partial charge in [0, 0.05) is 40.1 Å². The molecule has 3 aliphatic rings. The number of amides is 1. The predicted octanol–water partition coefficient (Wildman–Crippen LogP) is 6.07. The van der Waals surface area contributed by atoms with E-state index < -0.39 is 23.2 Å². The summed E-state index contributed by atoms with van der Waals surface area (Å²) >= 11 is 12.6. The third-order valence-corrected chi connectivity index (χ3v) is 6.80. The van der Waals surface area contributed by atoms with Gasteiger partial charge in [0.25, 0.3) is 5.91 Å². The van der Waals surface area contributed by atoms with Gasteiger partial charge in [0.2, 0.25) is 6.23 Å². The standard InChI is InChI=1S/C26H24Cl2N2O4/c1-25(2,3)34-24(32)26(14-29-13-18(26)16-9-8-15(27)12-19(16)28)10-5-11-30-22(31)21-17-6-4-7-20(21)33-23(17)30/h4,6-9,12-14,23H,5,10-11H2,1-3H3. The van der Waals surface area contributed by atoms with Crippen molar-refractivity contribution >= 4 is 46.9 Å². The van der Waals surface area contributed by atoms with E-state index in [9.17, 15) is 9.59 Å². The van der Waals surface area contributed by atoms with E-state index in [1.54, 1.807) is 35.5 Å². The minimum atomic E-state index is -1.13. The molecule has 0 aliphatic carbocycles. The molecule has 0 N–H and O–H groups in total. The van der Waals surface area contributed by atoms with Crippen molar-refractivity contribution < 1.29 is 19.1 Å². The fourth-order valence-corrected chi connectivity index (χ4v) is 5.28. The number of carbonyl (C=O) groups is 2. The van der Waals surface area contributed by atoms with Crippen molar-refractivity contribution in [1.82, 2.24) is 4.90 Å². The van der Waals surface area contributed by atoms with Crippen molar-refractivity contribution in [1.29, 1.82) is 0 Å². The molecule has 6 nitrogen and oxygen atoms in total. The normalized spacial score (nSPS) is 22.3. The van der Waals surface area contributed by atoms with Gasteiger partial charge >= 0.3 is 5.97 Å². The van der Waals surface area contributed by atoms with E-state index in [0.29, 0.717) is 51.9 Å². The summed E-state index contributed by atoms with van der Waals surface area (Å²) in [6, 6.07) is 10.8. The van der Waals surface area contributed by atoms with Crippen LogP contribution in [0.4, 0.5) is 0 Å². The van der Waals surface area contributed by atoms with Crippen molar-refractivity contribution in [2.24, 2.45) is 10.4 Å². The second kappa shape index (κ2) is 8.14. The Morgan fingerprint density at radius 3 is 2.74 bits per heavy atom. The van der Waals surface area contributed by atoms with Crippen molar-refractivity contribution in [2.45, 2.75) is 45.4 Å². The van der Waals surface area contributed by atoms with Crippen LogP contribution >= 0.6 is 23.2 Å². The summed E-state index contributed by atoms with van der Waals surface area (Å²) in [5.74, 6) is 0.195. The molecular weight excluding hydrogens is 475 g/mol. The molecular formula is C26H24Cl2N2O4. The molecule has 2 aromatic carbocycles. The molecule has 4 bridgehead atoms. The van der Waals surface area contributed by atoms with E-state index in [2.05, 4.69) is 4.99 Å². The summed E-state index contributed by atoms with van der Waals surface area (Å²) < 4.78 is 11.7. The second-order valence-corrected chi connectivity index (χ2v) is 10.6. The molecule has 0 spiro atoms. The first-order valence-electron chi connectivity index (χ1n) is 11.2. The third-order valence-electron chi connectivity index (χ3n) is 6.25. The Morgan fingerprint density at radius 1 is 1.24 bits per heavy atom. The average molecular weight is 499 g/mol. The minimum absolute atomic E-state index is 0.0373. The van der Waals surface area contributed by atoms with Crippen LogP contribution in [0.1, 0.15) is 61.3 Å². The first-order valence-corrected chi connectivity index (χ1v) is 11.9. The number of benzene rings is 2. The maximum atomic E-state index is 13.6. The molecule has 176 valence electrons. The molecule has 2 aromatic rings. The fraction of sp³-hybridized carbons (Fsp3) is 0.346. The third kappa shape index (κ3) is 3.69. The maximum absolute atomic E-state index is 13.6. The van der Waals surface area contributed by atoms with Crippen molar-refractivity contribution in [3.63, 3.8) is 0 Å². The zero-order valence-corrected chi connectivity index (χ0v) is 20.6. The Labute approximate surface area is 208 Å². The Balaban J connectivity index is 1.40. The number of halogens is 2. The summed E-state index contributed by atoms with van der Waals surface area (Å²) in [5, 5.41) is 0.931. The molecule has 0 radical (unpaired) electrons. The summed E-state index contributed by atoms with van der Waals surface area (Å²) in [4.78, 5) is 32.5. The number of aliphatic imine (C=N–C) groups is 1. The van der Waals surface area contributed by atoms with Gasteiger partial charge in [-0.2, -0.15) is 0 Å². The van der Waals surface area contributed by atoms with Crippen LogP contribution in [0.15, 0.2) is 47.6 Å². The Hall–Kier alpha value is -2.83. The van der Waals surface area contributed by atoms with Gasteiger partial charge in [-0.25, -0.2) is 0 Å². The van der Waals surface area contributed by atoms with Crippen LogP contribution < -0.4 is 4.74 Å². The quantitative estimate of drug-likeness (QED) is 0.453. The van der Waals surface area contributed by atoms with Crippen molar-refractivity contribution in [3.8, 4) is 5.75 Å². The lowest BCUT2D eigenvalue weighted by atomic mass is 9.75. The zero-order valence-electron chi connectivity index (χ0n) is 19.1. The van der Waals surface area contributed by atoms with E-state index in [-0.39, 0.29) is 5.91 Å². The lowest BCUT2D eigenvalue weighted by Crippen LogP contribution is -2.40. The minimum Gasteiger partial charge on any atom is -0.465 e. The molecule has 3 heterocycles. The summed E-state index contributed by atoms with van der Waals surface area (Å²) in [5.41, 5.74) is 1.06. The molecule has 34 heavy (non-hydrogen) atoms. The number of nitrogens with zero attached hydrogens (tertiary/aromatic N) is 2. The van der Waals surface area contributed by atoms with Gasteiger partial charge < -0.3 is 9.47 Å². The predicted molar refractivity (Wildman–Crippen MR) is 131 cm³/mol. The SMILES string of the molecule is CC(C)(C)OC(=O)C1(CCCN2C(=O)c3c4cccc3C2O4)C=NC=C1c1ccc(Cl)cc1Cl. The van der Waals surface area contributed by atoms with Crippen molar-refractivity contribution in [3.05, 3.63) is 69.3 Å². The first-order chi connectivity index (χ1) is 16.1. The molecule has 5 rings (SSSR count).